The van der Waals surface area contributed by atoms with Crippen molar-refractivity contribution >= 4 is 9.84 Å². The van der Waals surface area contributed by atoms with Crippen LogP contribution in [0.25, 0.3) is 0 Å². The van der Waals surface area contributed by atoms with Crippen molar-refractivity contribution in [3.8, 4) is 0 Å². The van der Waals surface area contributed by atoms with Gasteiger partial charge in [0.05, 0.1) is 4.90 Å². The molecular formula is C12H11NO5S. The molecule has 0 radical (unpaired) electrons. The highest BCUT2D eigenvalue weighted by molar-refractivity contribution is 7.92. The third-order valence-electron chi connectivity index (χ3n) is 3.48. The van der Waals surface area contributed by atoms with Gasteiger partial charge in [0, 0.05) is 4.92 Å². The third kappa shape index (κ3) is 1.77. The van der Waals surface area contributed by atoms with Gasteiger partial charge in [0.1, 0.15) is 12.2 Å². The molecule has 1 aromatic rings. The highest BCUT2D eigenvalue weighted by Crippen LogP contribution is 2.37. The number of hydrogen-bond donors (Lipinski definition) is 0. The third-order valence-corrected chi connectivity index (χ3v) is 5.67. The largest absolute Gasteiger partial charge is 0.358 e. The van der Waals surface area contributed by atoms with Crippen LogP contribution in [0.1, 0.15) is 0 Å². The van der Waals surface area contributed by atoms with E-state index in [1.54, 1.807) is 30.4 Å². The molecule has 100 valence electrons. The van der Waals surface area contributed by atoms with Gasteiger partial charge in [0.15, 0.2) is 15.1 Å². The summed E-state index contributed by atoms with van der Waals surface area (Å²) in [6, 6.07) is 6.54. The first-order valence-electron chi connectivity index (χ1n) is 5.78. The fourth-order valence-corrected chi connectivity index (χ4v) is 4.60. The van der Waals surface area contributed by atoms with E-state index >= 15 is 0 Å². The highest BCUT2D eigenvalue weighted by atomic mass is 32.2. The minimum atomic E-state index is -3.78. The van der Waals surface area contributed by atoms with Crippen molar-refractivity contribution in [2.75, 3.05) is 0 Å². The van der Waals surface area contributed by atoms with Crippen LogP contribution in [0.15, 0.2) is 47.4 Å². The summed E-state index contributed by atoms with van der Waals surface area (Å²) in [6.07, 6.45) is 1.68. The predicted octanol–water partition coefficient (Wildman–Crippen LogP) is 0.811. The van der Waals surface area contributed by atoms with Gasteiger partial charge in [0.25, 0.3) is 6.04 Å². The second kappa shape index (κ2) is 4.14. The number of hydrogen-bond acceptors (Lipinski definition) is 5. The van der Waals surface area contributed by atoms with Gasteiger partial charge in [-0.15, -0.1) is 0 Å². The van der Waals surface area contributed by atoms with Crippen LogP contribution < -0.4 is 0 Å². The molecule has 0 spiro atoms. The van der Waals surface area contributed by atoms with E-state index in [-0.39, 0.29) is 4.90 Å². The normalized spacial score (nSPS) is 32.6. The first-order chi connectivity index (χ1) is 9.01. The number of sulfone groups is 1. The minimum absolute atomic E-state index is 0.0939. The van der Waals surface area contributed by atoms with Crippen molar-refractivity contribution in [2.24, 2.45) is 0 Å². The summed E-state index contributed by atoms with van der Waals surface area (Å²) >= 11 is 0. The number of nitro groups is 1. The molecule has 2 aliphatic rings. The summed E-state index contributed by atoms with van der Waals surface area (Å²) in [4.78, 5) is 10.6. The van der Waals surface area contributed by atoms with E-state index in [1.165, 1.54) is 12.1 Å². The van der Waals surface area contributed by atoms with Crippen molar-refractivity contribution in [3.63, 3.8) is 0 Å². The fourth-order valence-electron chi connectivity index (χ4n) is 2.62. The average Bonchev–Trinajstić information content (AvgIpc) is 3.00. The number of fused-ring (bicyclic) bond motifs is 2. The van der Waals surface area contributed by atoms with Gasteiger partial charge < -0.3 is 4.74 Å². The zero-order chi connectivity index (χ0) is 13.6. The Hall–Kier alpha value is -1.73. The number of rotatable bonds is 3. The van der Waals surface area contributed by atoms with Crippen LogP contribution in [0, 0.1) is 10.1 Å². The maximum absolute atomic E-state index is 12.5. The maximum atomic E-state index is 12.5. The molecule has 0 aromatic heterocycles. The molecule has 1 aromatic carbocycles. The average molecular weight is 281 g/mol. The van der Waals surface area contributed by atoms with Gasteiger partial charge in [-0.05, 0) is 12.1 Å². The molecule has 0 amide bonds. The first kappa shape index (κ1) is 12.3. The summed E-state index contributed by atoms with van der Waals surface area (Å²) in [6.45, 7) is 0. The topological polar surface area (TPSA) is 86.5 Å². The maximum Gasteiger partial charge on any atom is 0.262 e. The molecule has 1 fully saturated rings. The Morgan fingerprint density at radius 1 is 1.11 bits per heavy atom. The Bertz CT molecular complexity index is 639. The Morgan fingerprint density at radius 3 is 2.37 bits per heavy atom. The number of ether oxygens (including phenoxy) is 1. The van der Waals surface area contributed by atoms with Crippen molar-refractivity contribution in [1.29, 1.82) is 0 Å². The van der Waals surface area contributed by atoms with Crippen LogP contribution in [0.5, 0.6) is 0 Å². The molecular weight excluding hydrogens is 270 g/mol. The van der Waals surface area contributed by atoms with Crippen molar-refractivity contribution in [1.82, 2.24) is 0 Å². The van der Waals surface area contributed by atoms with Crippen molar-refractivity contribution in [2.45, 2.75) is 28.4 Å². The molecule has 4 atom stereocenters. The molecule has 0 unspecified atom stereocenters. The molecule has 7 heteroatoms. The Balaban J connectivity index is 2.06. The van der Waals surface area contributed by atoms with Crippen LogP contribution in [0.2, 0.25) is 0 Å². The molecule has 3 rings (SSSR count). The van der Waals surface area contributed by atoms with Crippen LogP contribution >= 0.6 is 0 Å². The molecule has 6 nitrogen and oxygen atoms in total. The van der Waals surface area contributed by atoms with Gasteiger partial charge in [-0.2, -0.15) is 0 Å². The Labute approximate surface area is 109 Å². The molecule has 2 aliphatic heterocycles. The first-order valence-corrected chi connectivity index (χ1v) is 7.32. The van der Waals surface area contributed by atoms with E-state index in [0.717, 1.165) is 0 Å². The van der Waals surface area contributed by atoms with Crippen LogP contribution in [-0.2, 0) is 14.6 Å². The standard InChI is InChI=1S/C12H11NO5S/c14-13(15)11-9-6-7-10(18-9)12(11)19(16,17)8-4-2-1-3-5-8/h1-7,9-12H/t9-,10+,11+,12+/m0/s1. The monoisotopic (exact) mass is 281 g/mol. The summed E-state index contributed by atoms with van der Waals surface area (Å²) in [5.74, 6) is 0. The lowest BCUT2D eigenvalue weighted by molar-refractivity contribution is -0.523. The van der Waals surface area contributed by atoms with Gasteiger partial charge >= 0.3 is 0 Å². The van der Waals surface area contributed by atoms with Gasteiger partial charge in [-0.3, -0.25) is 10.1 Å². The number of benzene rings is 1. The highest BCUT2D eigenvalue weighted by Gasteiger charge is 2.59. The molecule has 0 N–H and O–H groups in total. The van der Waals surface area contributed by atoms with Gasteiger partial charge in [-0.1, -0.05) is 30.4 Å². The van der Waals surface area contributed by atoms with Crippen LogP contribution in [0.3, 0.4) is 0 Å². The predicted molar refractivity (Wildman–Crippen MR) is 66.0 cm³/mol. The number of nitrogens with zero attached hydrogens (tertiary/aromatic N) is 1. The van der Waals surface area contributed by atoms with Crippen LogP contribution in [-0.4, -0.2) is 36.8 Å². The lowest BCUT2D eigenvalue weighted by Crippen LogP contribution is -2.45. The van der Waals surface area contributed by atoms with Gasteiger partial charge in [-0.25, -0.2) is 8.42 Å². The van der Waals surface area contributed by atoms with E-state index < -0.39 is 38.3 Å². The summed E-state index contributed by atoms with van der Waals surface area (Å²) < 4.78 is 30.4. The van der Waals surface area contributed by atoms with Crippen molar-refractivity contribution in [3.05, 3.63) is 52.6 Å². The molecule has 0 saturated carbocycles. The van der Waals surface area contributed by atoms with E-state index in [9.17, 15) is 18.5 Å². The van der Waals surface area contributed by atoms with E-state index in [4.69, 9.17) is 4.74 Å². The second-order valence-electron chi connectivity index (χ2n) is 4.55. The Kier molecular flexibility index (Phi) is 2.68. The van der Waals surface area contributed by atoms with Crippen LogP contribution in [0.4, 0.5) is 0 Å². The summed E-state index contributed by atoms with van der Waals surface area (Å²) in [7, 11) is -3.78. The minimum Gasteiger partial charge on any atom is -0.358 e. The fraction of sp³-hybridized carbons (Fsp3) is 0.333. The van der Waals surface area contributed by atoms with E-state index in [1.807, 2.05) is 0 Å². The summed E-state index contributed by atoms with van der Waals surface area (Å²) in [5.41, 5.74) is 0. The molecule has 2 heterocycles. The lowest BCUT2D eigenvalue weighted by atomic mass is 10.0. The van der Waals surface area contributed by atoms with E-state index in [0.29, 0.717) is 0 Å². The Morgan fingerprint density at radius 2 is 1.74 bits per heavy atom. The molecule has 1 saturated heterocycles. The summed E-state index contributed by atoms with van der Waals surface area (Å²) in [5, 5.41) is 9.95. The smallest absolute Gasteiger partial charge is 0.262 e. The molecule has 0 aliphatic carbocycles. The lowest BCUT2D eigenvalue weighted by Gasteiger charge is -2.19. The van der Waals surface area contributed by atoms with E-state index in [2.05, 4.69) is 0 Å². The zero-order valence-corrected chi connectivity index (χ0v) is 10.6. The zero-order valence-electron chi connectivity index (χ0n) is 9.75. The molecule has 19 heavy (non-hydrogen) atoms. The SMILES string of the molecule is O=[N+]([O-])[C@H]1[C@H](S(=O)(=O)c2ccccc2)[C@H]2C=C[C@@H]1O2. The van der Waals surface area contributed by atoms with Gasteiger partial charge in [0.2, 0.25) is 0 Å². The molecule has 2 bridgehead atoms. The second-order valence-corrected chi connectivity index (χ2v) is 6.65. The van der Waals surface area contributed by atoms with Crippen molar-refractivity contribution < 1.29 is 18.1 Å². The quantitative estimate of drug-likeness (QED) is 0.465.